The number of amides is 1. The molecule has 132 valence electrons. The van der Waals surface area contributed by atoms with Gasteiger partial charge in [-0.25, -0.2) is 9.59 Å². The van der Waals surface area contributed by atoms with E-state index in [0.717, 1.165) is 0 Å². The van der Waals surface area contributed by atoms with Crippen molar-refractivity contribution in [2.45, 2.75) is 71.0 Å². The van der Waals surface area contributed by atoms with E-state index in [0.29, 0.717) is 0 Å². The van der Waals surface area contributed by atoms with Crippen molar-refractivity contribution in [3.63, 3.8) is 0 Å². The average molecular weight is 343 g/mol. The molecule has 0 spiro atoms. The molecule has 0 aliphatic heterocycles. The maximum atomic E-state index is 11.8. The van der Waals surface area contributed by atoms with E-state index in [4.69, 9.17) is 4.74 Å². The average Bonchev–Trinajstić information content (AvgIpc) is 2.37. The van der Waals surface area contributed by atoms with Crippen LogP contribution in [0.25, 0.3) is 0 Å². The van der Waals surface area contributed by atoms with Gasteiger partial charge in [0, 0.05) is 0 Å². The van der Waals surface area contributed by atoms with Crippen LogP contribution in [-0.4, -0.2) is 50.1 Å². The fourth-order valence-electron chi connectivity index (χ4n) is 1.54. The van der Waals surface area contributed by atoms with Crippen LogP contribution in [0.2, 0.25) is 19.6 Å². The van der Waals surface area contributed by atoms with Crippen molar-refractivity contribution in [2.24, 2.45) is 0 Å². The lowest BCUT2D eigenvalue weighted by Crippen LogP contribution is -2.44. The topological polar surface area (TPSA) is 84.9 Å². The number of esters is 1. The molecule has 0 fully saturated rings. The standard InChI is InChI=1S/C16H29NO5Si/c1-16(2,3)22-15(20)17-13(14(19)21-4)9-8-12(18)10-11-23(5,6)7/h12-13,18H,8-9H2,1-7H3,(H,17,20)/t12?,13-/m0/s1. The van der Waals surface area contributed by atoms with Crippen LogP contribution in [0.15, 0.2) is 0 Å². The number of nitrogens with one attached hydrogen (secondary N) is 1. The molecular weight excluding hydrogens is 314 g/mol. The SMILES string of the molecule is COC(=O)[C@H](CCC(O)C#C[Si](C)(C)C)NC(=O)OC(C)(C)C. The van der Waals surface area contributed by atoms with Gasteiger partial charge in [-0.2, -0.15) is 0 Å². The molecule has 0 aliphatic carbocycles. The van der Waals surface area contributed by atoms with E-state index in [2.05, 4.69) is 41.2 Å². The van der Waals surface area contributed by atoms with Crippen LogP contribution >= 0.6 is 0 Å². The molecule has 0 radical (unpaired) electrons. The number of hydrogen-bond acceptors (Lipinski definition) is 5. The first-order valence-electron chi connectivity index (χ1n) is 7.62. The van der Waals surface area contributed by atoms with Crippen molar-refractivity contribution < 1.29 is 24.2 Å². The predicted octanol–water partition coefficient (Wildman–Crippen LogP) is 2.07. The number of alkyl carbamates (subject to hydrolysis) is 1. The Hall–Kier alpha value is -1.52. The molecule has 0 aromatic carbocycles. The highest BCUT2D eigenvalue weighted by Crippen LogP contribution is 2.09. The monoisotopic (exact) mass is 343 g/mol. The molecule has 0 saturated carbocycles. The lowest BCUT2D eigenvalue weighted by molar-refractivity contribution is -0.143. The Labute approximate surface area is 139 Å². The Kier molecular flexibility index (Phi) is 8.35. The van der Waals surface area contributed by atoms with Crippen molar-refractivity contribution in [2.75, 3.05) is 7.11 Å². The van der Waals surface area contributed by atoms with Crippen molar-refractivity contribution in [1.29, 1.82) is 0 Å². The molecule has 7 heteroatoms. The van der Waals surface area contributed by atoms with Crippen molar-refractivity contribution in [3.8, 4) is 11.5 Å². The summed E-state index contributed by atoms with van der Waals surface area (Å²) in [5.41, 5.74) is 2.41. The Morgan fingerprint density at radius 1 is 1.22 bits per heavy atom. The molecule has 0 aliphatic rings. The molecule has 23 heavy (non-hydrogen) atoms. The van der Waals surface area contributed by atoms with Gasteiger partial charge in [-0.1, -0.05) is 25.6 Å². The number of aliphatic hydroxyl groups is 1. The van der Waals surface area contributed by atoms with E-state index >= 15 is 0 Å². The third-order valence-corrected chi connectivity index (χ3v) is 3.41. The van der Waals surface area contributed by atoms with Crippen LogP contribution in [0.4, 0.5) is 4.79 Å². The van der Waals surface area contributed by atoms with Crippen molar-refractivity contribution in [1.82, 2.24) is 5.32 Å². The molecule has 0 bridgehead atoms. The summed E-state index contributed by atoms with van der Waals surface area (Å²) in [7, 11) is -0.317. The minimum Gasteiger partial charge on any atom is -0.467 e. The molecule has 1 unspecified atom stereocenters. The first kappa shape index (κ1) is 21.5. The maximum Gasteiger partial charge on any atom is 0.408 e. The number of aliphatic hydroxyl groups excluding tert-OH is 1. The Bertz CT molecular complexity index is 468. The summed E-state index contributed by atoms with van der Waals surface area (Å²) >= 11 is 0. The number of hydrogen-bond donors (Lipinski definition) is 2. The summed E-state index contributed by atoms with van der Waals surface area (Å²) in [6, 6.07) is -0.877. The molecule has 0 rings (SSSR count). The van der Waals surface area contributed by atoms with Crippen LogP contribution in [0.5, 0.6) is 0 Å². The fraction of sp³-hybridized carbons (Fsp3) is 0.750. The maximum absolute atomic E-state index is 11.8. The van der Waals surface area contributed by atoms with E-state index < -0.39 is 37.9 Å². The summed E-state index contributed by atoms with van der Waals surface area (Å²) in [5, 5.41) is 12.4. The van der Waals surface area contributed by atoms with Gasteiger partial charge in [-0.15, -0.1) is 5.54 Å². The lowest BCUT2D eigenvalue weighted by atomic mass is 10.1. The molecule has 0 aromatic heterocycles. The molecule has 2 atom stereocenters. The highest BCUT2D eigenvalue weighted by Gasteiger charge is 2.25. The number of carbonyl (C=O) groups is 2. The second-order valence-corrected chi connectivity index (χ2v) is 12.1. The molecule has 2 N–H and O–H groups in total. The van der Waals surface area contributed by atoms with Crippen LogP contribution in [0.1, 0.15) is 33.6 Å². The zero-order chi connectivity index (χ0) is 18.3. The first-order valence-corrected chi connectivity index (χ1v) is 11.1. The molecule has 1 amide bonds. The largest absolute Gasteiger partial charge is 0.467 e. The first-order chi connectivity index (χ1) is 10.3. The molecule has 0 heterocycles. The van der Waals surface area contributed by atoms with Gasteiger partial charge in [-0.05, 0) is 33.6 Å². The van der Waals surface area contributed by atoms with Crippen LogP contribution in [-0.2, 0) is 14.3 Å². The number of methoxy groups -OCH3 is 1. The third kappa shape index (κ3) is 11.7. The second-order valence-electron chi connectivity index (χ2n) is 7.33. The van der Waals surface area contributed by atoms with Gasteiger partial charge in [0.1, 0.15) is 25.8 Å². The van der Waals surface area contributed by atoms with E-state index in [1.807, 2.05) is 0 Å². The van der Waals surface area contributed by atoms with Gasteiger partial charge >= 0.3 is 12.1 Å². The zero-order valence-electron chi connectivity index (χ0n) is 15.1. The Balaban J connectivity index is 4.66. The van der Waals surface area contributed by atoms with Gasteiger partial charge in [0.05, 0.1) is 7.11 Å². The molecule has 6 nitrogen and oxygen atoms in total. The fourth-order valence-corrected chi connectivity index (χ4v) is 2.14. The van der Waals surface area contributed by atoms with Crippen LogP contribution < -0.4 is 5.32 Å². The van der Waals surface area contributed by atoms with Crippen LogP contribution in [0.3, 0.4) is 0 Å². The number of rotatable bonds is 5. The number of ether oxygens (including phenoxy) is 2. The number of carbonyl (C=O) groups excluding carboxylic acids is 2. The van der Waals surface area contributed by atoms with Gasteiger partial charge in [-0.3, -0.25) is 0 Å². The highest BCUT2D eigenvalue weighted by atomic mass is 28.3. The van der Waals surface area contributed by atoms with Gasteiger partial charge in [0.15, 0.2) is 0 Å². The summed E-state index contributed by atoms with van der Waals surface area (Å²) in [4.78, 5) is 23.5. The van der Waals surface area contributed by atoms with Gasteiger partial charge in [0.2, 0.25) is 0 Å². The zero-order valence-corrected chi connectivity index (χ0v) is 16.1. The summed E-state index contributed by atoms with van der Waals surface area (Å²) < 4.78 is 9.79. The Morgan fingerprint density at radius 2 is 1.78 bits per heavy atom. The molecular formula is C16H29NO5Si. The third-order valence-electron chi connectivity index (χ3n) is 2.52. The van der Waals surface area contributed by atoms with Gasteiger partial charge in [0.25, 0.3) is 0 Å². The minimum absolute atomic E-state index is 0.216. The molecule has 0 saturated heterocycles. The summed E-state index contributed by atoms with van der Waals surface area (Å²) in [6.45, 7) is 11.4. The minimum atomic E-state index is -1.56. The van der Waals surface area contributed by atoms with Crippen LogP contribution in [0, 0.1) is 11.5 Å². The van der Waals surface area contributed by atoms with E-state index in [-0.39, 0.29) is 12.8 Å². The normalized spacial score (nSPS) is 14.1. The molecule has 0 aromatic rings. The predicted molar refractivity (Wildman–Crippen MR) is 91.5 cm³/mol. The highest BCUT2D eigenvalue weighted by molar-refractivity contribution is 6.83. The van der Waals surface area contributed by atoms with Gasteiger partial charge < -0.3 is 19.9 Å². The van der Waals surface area contributed by atoms with E-state index in [1.165, 1.54) is 7.11 Å². The van der Waals surface area contributed by atoms with Crippen molar-refractivity contribution in [3.05, 3.63) is 0 Å². The smallest absolute Gasteiger partial charge is 0.408 e. The van der Waals surface area contributed by atoms with E-state index in [1.54, 1.807) is 20.8 Å². The Morgan fingerprint density at radius 3 is 2.22 bits per heavy atom. The summed E-state index contributed by atoms with van der Waals surface area (Å²) in [6.07, 6.45) is -1.06. The van der Waals surface area contributed by atoms with E-state index in [9.17, 15) is 14.7 Å². The second kappa shape index (κ2) is 8.94. The quantitative estimate of drug-likeness (QED) is 0.453. The lowest BCUT2D eigenvalue weighted by Gasteiger charge is -2.22. The van der Waals surface area contributed by atoms with Crippen molar-refractivity contribution >= 4 is 20.1 Å². The summed E-state index contributed by atoms with van der Waals surface area (Å²) in [5.74, 6) is 2.22.